The van der Waals surface area contributed by atoms with E-state index in [1.807, 2.05) is 27.7 Å². The van der Waals surface area contributed by atoms with Crippen LogP contribution in [-0.4, -0.2) is 56.6 Å². The maximum Gasteiger partial charge on any atom is 0.551 e. The van der Waals surface area contributed by atoms with Crippen molar-refractivity contribution in [3.63, 3.8) is 0 Å². The lowest BCUT2D eigenvalue weighted by molar-refractivity contribution is -0.128. The molecule has 1 fully saturated rings. The smallest absolute Gasteiger partial charge is 0.511 e. The van der Waals surface area contributed by atoms with Crippen LogP contribution in [0, 0.1) is 17.6 Å². The van der Waals surface area contributed by atoms with Crippen molar-refractivity contribution in [1.82, 2.24) is 10.6 Å². The fraction of sp³-hybridized carbons (Fsp3) is 0.591. The van der Waals surface area contributed by atoms with E-state index < -0.39 is 42.6 Å². The Kier molecular flexibility index (Phi) is 10.1. The van der Waals surface area contributed by atoms with Gasteiger partial charge in [-0.15, -0.1) is 0 Å². The third-order valence-corrected chi connectivity index (χ3v) is 5.50. The Morgan fingerprint density at radius 1 is 1.30 bits per heavy atom. The summed E-state index contributed by atoms with van der Waals surface area (Å²) in [6.45, 7) is 8.11. The third kappa shape index (κ3) is 7.69. The standard InChI is InChI=1S/C22H32BF2N3O5/c1-5-15(4)33-23(32-13-29)20(10-14(2)3)27-21(30)12-26-22(31)19-8-9-28(19)18-7-6-16(24)11-17(18)25/h6-7,11,13-15,19-20H,5,8-10,12H2,1-4H3,(H,26,31)(H,27,30). The molecule has 1 aromatic rings. The Bertz CT molecular complexity index is 829. The number of halogens is 2. The predicted octanol–water partition coefficient (Wildman–Crippen LogP) is 2.21. The number of rotatable bonds is 13. The molecule has 2 N–H and O–H groups in total. The lowest BCUT2D eigenvalue weighted by Gasteiger charge is -2.41. The van der Waals surface area contributed by atoms with Gasteiger partial charge in [0.15, 0.2) is 0 Å². The van der Waals surface area contributed by atoms with Gasteiger partial charge in [-0.1, -0.05) is 20.8 Å². The van der Waals surface area contributed by atoms with Crippen molar-refractivity contribution in [2.45, 2.75) is 65.0 Å². The summed E-state index contributed by atoms with van der Waals surface area (Å²) >= 11 is 0. The Labute approximate surface area is 193 Å². The van der Waals surface area contributed by atoms with E-state index in [-0.39, 0.29) is 30.7 Å². The van der Waals surface area contributed by atoms with Gasteiger partial charge in [-0.05, 0) is 44.2 Å². The van der Waals surface area contributed by atoms with Crippen molar-refractivity contribution >= 4 is 31.1 Å². The number of hydrogen-bond donors (Lipinski definition) is 2. The highest BCUT2D eigenvalue weighted by atomic mass is 19.1. The van der Waals surface area contributed by atoms with Crippen molar-refractivity contribution < 1.29 is 32.5 Å². The molecule has 0 saturated carbocycles. The van der Waals surface area contributed by atoms with Crippen molar-refractivity contribution in [3.8, 4) is 0 Å². The first-order valence-corrected chi connectivity index (χ1v) is 11.2. The van der Waals surface area contributed by atoms with Gasteiger partial charge in [0.25, 0.3) is 6.47 Å². The van der Waals surface area contributed by atoms with Crippen molar-refractivity contribution in [2.24, 2.45) is 5.92 Å². The molecule has 0 bridgehead atoms. The Balaban J connectivity index is 1.95. The van der Waals surface area contributed by atoms with E-state index in [1.165, 1.54) is 11.0 Å². The highest BCUT2D eigenvalue weighted by molar-refractivity contribution is 6.48. The van der Waals surface area contributed by atoms with Crippen LogP contribution >= 0.6 is 0 Å². The van der Waals surface area contributed by atoms with Gasteiger partial charge in [-0.2, -0.15) is 0 Å². The van der Waals surface area contributed by atoms with Crippen LogP contribution in [0.5, 0.6) is 0 Å². The van der Waals surface area contributed by atoms with Gasteiger partial charge < -0.3 is 24.8 Å². The second-order valence-electron chi connectivity index (χ2n) is 8.57. The molecule has 0 radical (unpaired) electrons. The summed E-state index contributed by atoms with van der Waals surface area (Å²) in [5.74, 6) is -2.76. The predicted molar refractivity (Wildman–Crippen MR) is 120 cm³/mol. The molecule has 1 aliphatic rings. The molecule has 1 heterocycles. The Morgan fingerprint density at radius 3 is 2.58 bits per heavy atom. The molecule has 3 unspecified atom stereocenters. The second-order valence-corrected chi connectivity index (χ2v) is 8.57. The van der Waals surface area contributed by atoms with Crippen LogP contribution in [0.1, 0.15) is 47.0 Å². The number of carbonyl (C=O) groups is 3. The van der Waals surface area contributed by atoms with Crippen LogP contribution in [0.25, 0.3) is 0 Å². The first-order valence-electron chi connectivity index (χ1n) is 11.2. The summed E-state index contributed by atoms with van der Waals surface area (Å²) in [5.41, 5.74) is 0.139. The molecule has 33 heavy (non-hydrogen) atoms. The number of amides is 2. The van der Waals surface area contributed by atoms with Gasteiger partial charge in [0.05, 0.1) is 18.2 Å². The minimum Gasteiger partial charge on any atom is -0.511 e. The van der Waals surface area contributed by atoms with E-state index in [1.54, 1.807) is 0 Å². The van der Waals surface area contributed by atoms with E-state index in [9.17, 15) is 23.2 Å². The van der Waals surface area contributed by atoms with Gasteiger partial charge in [0.1, 0.15) is 17.7 Å². The summed E-state index contributed by atoms with van der Waals surface area (Å²) in [6, 6.07) is 2.54. The van der Waals surface area contributed by atoms with Gasteiger partial charge in [-0.25, -0.2) is 8.78 Å². The molecular weight excluding hydrogens is 435 g/mol. The first-order chi connectivity index (χ1) is 15.7. The number of hydrogen-bond acceptors (Lipinski definition) is 6. The summed E-state index contributed by atoms with van der Waals surface area (Å²) in [6.07, 6.45) is 1.49. The highest BCUT2D eigenvalue weighted by Gasteiger charge is 2.37. The summed E-state index contributed by atoms with van der Waals surface area (Å²) in [7, 11) is -0.955. The van der Waals surface area contributed by atoms with E-state index in [0.29, 0.717) is 25.8 Å². The SMILES string of the molecule is CCC(C)OB(OC=O)C(CC(C)C)NC(=O)CNC(=O)C1CCN1c1ccc(F)cc1F. The quantitative estimate of drug-likeness (QED) is 0.341. The average molecular weight is 467 g/mol. The van der Waals surface area contributed by atoms with Crippen LogP contribution < -0.4 is 15.5 Å². The molecule has 11 heteroatoms. The minimum absolute atomic E-state index is 0.139. The number of nitrogens with zero attached hydrogens (tertiary/aromatic N) is 1. The fourth-order valence-corrected chi connectivity index (χ4v) is 3.55. The molecule has 2 amide bonds. The maximum absolute atomic E-state index is 14.0. The summed E-state index contributed by atoms with van der Waals surface area (Å²) < 4.78 is 38.0. The molecule has 0 spiro atoms. The Hall–Kier alpha value is -2.69. The van der Waals surface area contributed by atoms with Crippen LogP contribution in [0.3, 0.4) is 0 Å². The van der Waals surface area contributed by atoms with Gasteiger partial charge in [-0.3, -0.25) is 14.4 Å². The number of anilines is 1. The van der Waals surface area contributed by atoms with Crippen molar-refractivity contribution in [1.29, 1.82) is 0 Å². The molecule has 3 atom stereocenters. The molecule has 2 rings (SSSR count). The average Bonchev–Trinajstić information content (AvgIpc) is 2.72. The highest BCUT2D eigenvalue weighted by Crippen LogP contribution is 2.29. The molecule has 182 valence electrons. The largest absolute Gasteiger partial charge is 0.551 e. The molecule has 1 aromatic carbocycles. The Morgan fingerprint density at radius 2 is 2.03 bits per heavy atom. The molecule has 8 nitrogen and oxygen atoms in total. The normalized spacial score (nSPS) is 17.1. The zero-order valence-electron chi connectivity index (χ0n) is 19.5. The van der Waals surface area contributed by atoms with E-state index in [0.717, 1.165) is 12.1 Å². The van der Waals surface area contributed by atoms with Crippen LogP contribution in [-0.2, 0) is 23.7 Å². The lowest BCUT2D eigenvalue weighted by Crippen LogP contribution is -2.58. The zero-order valence-corrected chi connectivity index (χ0v) is 19.5. The number of carbonyl (C=O) groups excluding carboxylic acids is 3. The molecule has 1 aliphatic heterocycles. The van der Waals surface area contributed by atoms with E-state index in [4.69, 9.17) is 9.31 Å². The lowest BCUT2D eigenvalue weighted by atomic mass is 9.73. The van der Waals surface area contributed by atoms with Crippen LogP contribution in [0.4, 0.5) is 14.5 Å². The van der Waals surface area contributed by atoms with Crippen molar-refractivity contribution in [2.75, 3.05) is 18.0 Å². The number of nitrogens with one attached hydrogen (secondary N) is 2. The molecular formula is C22H32BF2N3O5. The van der Waals surface area contributed by atoms with Gasteiger partial charge >= 0.3 is 7.12 Å². The van der Waals surface area contributed by atoms with Crippen LogP contribution in [0.15, 0.2) is 18.2 Å². The zero-order chi connectivity index (χ0) is 24.5. The third-order valence-electron chi connectivity index (χ3n) is 5.50. The second kappa shape index (κ2) is 12.5. The molecule has 1 saturated heterocycles. The molecule has 0 aromatic heterocycles. The summed E-state index contributed by atoms with van der Waals surface area (Å²) in [5, 5.41) is 5.33. The fourth-order valence-electron chi connectivity index (χ4n) is 3.55. The summed E-state index contributed by atoms with van der Waals surface area (Å²) in [4.78, 5) is 37.6. The van der Waals surface area contributed by atoms with Crippen LogP contribution in [0.2, 0.25) is 0 Å². The minimum atomic E-state index is -0.955. The van der Waals surface area contributed by atoms with E-state index in [2.05, 4.69) is 10.6 Å². The van der Waals surface area contributed by atoms with Crippen molar-refractivity contribution in [3.05, 3.63) is 29.8 Å². The van der Waals surface area contributed by atoms with Gasteiger partial charge in [0.2, 0.25) is 11.8 Å². The number of benzene rings is 1. The maximum atomic E-state index is 14.0. The van der Waals surface area contributed by atoms with E-state index >= 15 is 0 Å². The molecule has 0 aliphatic carbocycles. The monoisotopic (exact) mass is 467 g/mol. The first kappa shape index (κ1) is 26.6. The topological polar surface area (TPSA) is 97.0 Å². The van der Waals surface area contributed by atoms with Gasteiger partial charge in [0, 0.05) is 18.7 Å².